The van der Waals surface area contributed by atoms with E-state index in [0.29, 0.717) is 0 Å². The van der Waals surface area contributed by atoms with Crippen LogP contribution in [0, 0.1) is 0 Å². The molecule has 0 aliphatic carbocycles. The van der Waals surface area contributed by atoms with E-state index < -0.39 is 23.2 Å². The first kappa shape index (κ1) is 10.2. The molecule has 0 heterocycles. The molecule has 0 saturated heterocycles. The minimum absolute atomic E-state index is 0.00958. The summed E-state index contributed by atoms with van der Waals surface area (Å²) in [6.45, 7) is 1.61. The summed E-state index contributed by atoms with van der Waals surface area (Å²) in [6, 6.07) is 2.09. The fraction of sp³-hybridized carbons (Fsp3) is 0.222. The summed E-state index contributed by atoms with van der Waals surface area (Å²) in [5.74, 6) is -2.21. The van der Waals surface area contributed by atoms with Crippen LogP contribution in [-0.4, -0.2) is 21.3 Å². The molecule has 0 aromatic heterocycles. The molecular formula is C9H10O5. The van der Waals surface area contributed by atoms with Gasteiger partial charge in [0.15, 0.2) is 11.5 Å². The number of aromatic hydroxyl groups is 3. The summed E-state index contributed by atoms with van der Waals surface area (Å²) >= 11 is 0. The third-order valence-electron chi connectivity index (χ3n) is 1.56. The summed E-state index contributed by atoms with van der Waals surface area (Å²) in [6.07, 6.45) is 0.183. The highest BCUT2D eigenvalue weighted by Gasteiger charge is 2.10. The lowest BCUT2D eigenvalue weighted by molar-refractivity contribution is -0.134. The van der Waals surface area contributed by atoms with Crippen molar-refractivity contribution in [3.8, 4) is 23.0 Å². The van der Waals surface area contributed by atoms with E-state index in [4.69, 9.17) is 20.1 Å². The average molecular weight is 198 g/mol. The zero-order valence-corrected chi connectivity index (χ0v) is 7.52. The Balaban J connectivity index is 2.95. The van der Waals surface area contributed by atoms with E-state index in [1.54, 1.807) is 6.92 Å². The van der Waals surface area contributed by atoms with E-state index in [1.807, 2.05) is 0 Å². The van der Waals surface area contributed by atoms with Gasteiger partial charge in [-0.1, -0.05) is 6.92 Å². The third kappa shape index (κ3) is 2.07. The summed E-state index contributed by atoms with van der Waals surface area (Å²) in [4.78, 5) is 10.8. The minimum atomic E-state index is -0.638. The Morgan fingerprint density at radius 1 is 1.29 bits per heavy atom. The van der Waals surface area contributed by atoms with Crippen LogP contribution in [0.25, 0.3) is 0 Å². The predicted octanol–water partition coefficient (Wildman–Crippen LogP) is 1.12. The van der Waals surface area contributed by atoms with Crippen LogP contribution in [0.1, 0.15) is 13.3 Å². The monoisotopic (exact) mass is 198 g/mol. The standard InChI is InChI=1S/C9H10O5/c1-2-8(12)14-5-3-6(10)9(13)7(11)4-5/h3-4,10-11,13H,2H2,1H3. The van der Waals surface area contributed by atoms with E-state index in [2.05, 4.69) is 0 Å². The first-order chi connectivity index (χ1) is 6.54. The van der Waals surface area contributed by atoms with Gasteiger partial charge in [-0.05, 0) is 0 Å². The Bertz CT molecular complexity index is 335. The van der Waals surface area contributed by atoms with Crippen LogP contribution in [0.5, 0.6) is 23.0 Å². The molecule has 5 heteroatoms. The summed E-state index contributed by atoms with van der Waals surface area (Å²) in [5, 5.41) is 27.1. The molecule has 1 aromatic carbocycles. The predicted molar refractivity (Wildman–Crippen MR) is 47.4 cm³/mol. The fourth-order valence-electron chi connectivity index (χ4n) is 0.842. The number of carbonyl (C=O) groups is 1. The topological polar surface area (TPSA) is 87.0 Å². The molecule has 0 amide bonds. The number of hydrogen-bond acceptors (Lipinski definition) is 5. The van der Waals surface area contributed by atoms with Crippen molar-refractivity contribution in [2.45, 2.75) is 13.3 Å². The molecule has 0 atom stereocenters. The van der Waals surface area contributed by atoms with Gasteiger partial charge < -0.3 is 20.1 Å². The van der Waals surface area contributed by atoms with Crippen molar-refractivity contribution in [3.05, 3.63) is 12.1 Å². The molecule has 14 heavy (non-hydrogen) atoms. The Hall–Kier alpha value is -1.91. The molecule has 3 N–H and O–H groups in total. The number of phenolic OH excluding ortho intramolecular Hbond substituents is 3. The maximum Gasteiger partial charge on any atom is 0.310 e. The van der Waals surface area contributed by atoms with Crippen LogP contribution in [0.2, 0.25) is 0 Å². The second-order valence-electron chi connectivity index (χ2n) is 2.64. The SMILES string of the molecule is CCC(=O)Oc1cc(O)c(O)c(O)c1. The number of phenols is 3. The van der Waals surface area contributed by atoms with Gasteiger partial charge in [0, 0.05) is 18.6 Å². The van der Waals surface area contributed by atoms with Crippen LogP contribution in [0.3, 0.4) is 0 Å². The van der Waals surface area contributed by atoms with E-state index in [-0.39, 0.29) is 12.2 Å². The van der Waals surface area contributed by atoms with Crippen LogP contribution < -0.4 is 4.74 Å². The van der Waals surface area contributed by atoms with Gasteiger partial charge in [0.2, 0.25) is 5.75 Å². The van der Waals surface area contributed by atoms with E-state index in [9.17, 15) is 4.79 Å². The lowest BCUT2D eigenvalue weighted by Gasteiger charge is -2.05. The van der Waals surface area contributed by atoms with Crippen molar-refractivity contribution in [3.63, 3.8) is 0 Å². The smallest absolute Gasteiger partial charge is 0.310 e. The molecule has 0 aliphatic heterocycles. The largest absolute Gasteiger partial charge is 0.504 e. The highest BCUT2D eigenvalue weighted by atomic mass is 16.5. The van der Waals surface area contributed by atoms with Crippen molar-refractivity contribution >= 4 is 5.97 Å². The highest BCUT2D eigenvalue weighted by Crippen LogP contribution is 2.38. The van der Waals surface area contributed by atoms with Gasteiger partial charge in [-0.2, -0.15) is 0 Å². The second kappa shape index (κ2) is 3.87. The molecule has 1 rings (SSSR count). The van der Waals surface area contributed by atoms with Gasteiger partial charge in [-0.3, -0.25) is 4.79 Å². The number of rotatable bonds is 2. The van der Waals surface area contributed by atoms with E-state index in [1.165, 1.54) is 0 Å². The molecule has 0 unspecified atom stereocenters. The molecule has 0 radical (unpaired) electrons. The molecule has 0 bridgehead atoms. The molecule has 0 aliphatic rings. The number of ether oxygens (including phenoxy) is 1. The Kier molecular flexibility index (Phi) is 2.81. The number of benzene rings is 1. The van der Waals surface area contributed by atoms with Crippen LogP contribution >= 0.6 is 0 Å². The number of esters is 1. The zero-order chi connectivity index (χ0) is 10.7. The van der Waals surface area contributed by atoms with Gasteiger partial charge in [-0.15, -0.1) is 0 Å². The molecule has 76 valence electrons. The second-order valence-corrected chi connectivity index (χ2v) is 2.64. The van der Waals surface area contributed by atoms with Crippen molar-refractivity contribution < 1.29 is 24.9 Å². The lowest BCUT2D eigenvalue weighted by Crippen LogP contribution is -2.05. The van der Waals surface area contributed by atoms with E-state index in [0.717, 1.165) is 12.1 Å². The lowest BCUT2D eigenvalue weighted by atomic mass is 10.3. The third-order valence-corrected chi connectivity index (χ3v) is 1.56. The molecule has 0 fully saturated rings. The number of hydrogen-bond donors (Lipinski definition) is 3. The van der Waals surface area contributed by atoms with Crippen LogP contribution in [0.15, 0.2) is 12.1 Å². The van der Waals surface area contributed by atoms with Crippen molar-refractivity contribution in [1.29, 1.82) is 0 Å². The molecular weight excluding hydrogens is 188 g/mol. The molecule has 1 aromatic rings. The highest BCUT2D eigenvalue weighted by molar-refractivity contribution is 5.72. The van der Waals surface area contributed by atoms with Crippen molar-refractivity contribution in [2.24, 2.45) is 0 Å². The maximum absolute atomic E-state index is 10.8. The van der Waals surface area contributed by atoms with Gasteiger partial charge >= 0.3 is 5.97 Å². The first-order valence-electron chi connectivity index (χ1n) is 4.00. The molecule has 0 spiro atoms. The minimum Gasteiger partial charge on any atom is -0.504 e. The van der Waals surface area contributed by atoms with Crippen LogP contribution in [0.4, 0.5) is 0 Å². The zero-order valence-electron chi connectivity index (χ0n) is 7.52. The van der Waals surface area contributed by atoms with Gasteiger partial charge in [0.05, 0.1) is 0 Å². The van der Waals surface area contributed by atoms with Gasteiger partial charge in [-0.25, -0.2) is 0 Å². The normalized spacial score (nSPS) is 9.79. The number of carbonyl (C=O) groups excluding carboxylic acids is 1. The Morgan fingerprint density at radius 2 is 1.79 bits per heavy atom. The summed E-state index contributed by atoms with van der Waals surface area (Å²) < 4.78 is 4.71. The van der Waals surface area contributed by atoms with E-state index >= 15 is 0 Å². The first-order valence-corrected chi connectivity index (χ1v) is 4.00. The summed E-state index contributed by atoms with van der Waals surface area (Å²) in [7, 11) is 0. The Morgan fingerprint density at radius 3 is 2.21 bits per heavy atom. The molecule has 5 nitrogen and oxygen atoms in total. The molecule has 0 saturated carbocycles. The fourth-order valence-corrected chi connectivity index (χ4v) is 0.842. The quantitative estimate of drug-likeness (QED) is 0.376. The van der Waals surface area contributed by atoms with Crippen molar-refractivity contribution in [1.82, 2.24) is 0 Å². The van der Waals surface area contributed by atoms with Crippen LogP contribution in [-0.2, 0) is 4.79 Å². The van der Waals surface area contributed by atoms with Crippen molar-refractivity contribution in [2.75, 3.05) is 0 Å². The van der Waals surface area contributed by atoms with Gasteiger partial charge in [0.1, 0.15) is 5.75 Å². The summed E-state index contributed by atoms with van der Waals surface area (Å²) in [5.41, 5.74) is 0. The Labute approximate surface area is 80.2 Å². The van der Waals surface area contributed by atoms with Gasteiger partial charge in [0.25, 0.3) is 0 Å². The maximum atomic E-state index is 10.8. The average Bonchev–Trinajstić information content (AvgIpc) is 2.14.